The number of aryl methyl sites for hydroxylation is 1. The maximum absolute atomic E-state index is 12.6. The monoisotopic (exact) mass is 420 g/mol. The smallest absolute Gasteiger partial charge is 0.236 e. The maximum Gasteiger partial charge on any atom is 0.236 e. The molecule has 0 saturated carbocycles. The van der Waals surface area contributed by atoms with Gasteiger partial charge in [-0.25, -0.2) is 0 Å². The summed E-state index contributed by atoms with van der Waals surface area (Å²) in [7, 11) is 0. The summed E-state index contributed by atoms with van der Waals surface area (Å²) < 4.78 is 1.90. The van der Waals surface area contributed by atoms with Gasteiger partial charge in [-0.2, -0.15) is 10.4 Å². The first-order chi connectivity index (χ1) is 15.2. The Kier molecular flexibility index (Phi) is 7.34. The first kappa shape index (κ1) is 21.5. The fraction of sp³-hybridized carbons (Fsp3) is 0.542. The van der Waals surface area contributed by atoms with Crippen molar-refractivity contribution < 1.29 is 4.79 Å². The number of rotatable bonds is 7. The van der Waals surface area contributed by atoms with Gasteiger partial charge in [-0.15, -0.1) is 0 Å². The van der Waals surface area contributed by atoms with Gasteiger partial charge in [-0.1, -0.05) is 30.3 Å². The van der Waals surface area contributed by atoms with Crippen LogP contribution >= 0.6 is 0 Å². The van der Waals surface area contributed by atoms with Crippen LogP contribution in [-0.2, 0) is 17.9 Å². The van der Waals surface area contributed by atoms with Crippen LogP contribution in [0.25, 0.3) is 11.3 Å². The lowest BCUT2D eigenvalue weighted by atomic mass is 10.1. The number of carbonyl (C=O) groups excluding carboxylic acids is 1. The van der Waals surface area contributed by atoms with Crippen molar-refractivity contribution in [2.24, 2.45) is 0 Å². The van der Waals surface area contributed by atoms with E-state index in [1.165, 1.54) is 12.0 Å². The summed E-state index contributed by atoms with van der Waals surface area (Å²) in [6.45, 7) is 7.59. The van der Waals surface area contributed by atoms with Gasteiger partial charge in [-0.05, 0) is 19.3 Å². The van der Waals surface area contributed by atoms with Crippen LogP contribution in [0.4, 0.5) is 0 Å². The first-order valence-corrected chi connectivity index (χ1v) is 11.4. The second-order valence-electron chi connectivity index (χ2n) is 8.53. The highest BCUT2D eigenvalue weighted by Gasteiger charge is 2.24. The van der Waals surface area contributed by atoms with Crippen LogP contribution < -0.4 is 0 Å². The summed E-state index contributed by atoms with van der Waals surface area (Å²) in [5.41, 5.74) is 3.31. The molecule has 1 aromatic heterocycles. The number of nitrogens with zero attached hydrogens (tertiary/aromatic N) is 6. The zero-order valence-corrected chi connectivity index (χ0v) is 18.2. The Morgan fingerprint density at radius 1 is 0.968 bits per heavy atom. The molecule has 2 aliphatic heterocycles. The highest BCUT2D eigenvalue weighted by Crippen LogP contribution is 2.24. The molecule has 0 spiro atoms. The third-order valence-corrected chi connectivity index (χ3v) is 6.26. The summed E-state index contributed by atoms with van der Waals surface area (Å²) in [6.07, 6.45) is 6.09. The quantitative estimate of drug-likeness (QED) is 0.689. The number of amides is 1. The molecule has 0 unspecified atom stereocenters. The number of piperazine rings is 1. The molecule has 0 atom stereocenters. The van der Waals surface area contributed by atoms with Gasteiger partial charge in [0.1, 0.15) is 0 Å². The van der Waals surface area contributed by atoms with E-state index < -0.39 is 0 Å². The van der Waals surface area contributed by atoms with Crippen molar-refractivity contribution in [2.75, 3.05) is 45.8 Å². The SMILES string of the molecule is N#CCCn1cc(CN2CCN(CC(=O)N3CCCCC3)CC2)c(-c2ccccc2)n1. The number of aromatic nitrogens is 2. The van der Waals surface area contributed by atoms with Crippen molar-refractivity contribution in [2.45, 2.75) is 38.8 Å². The van der Waals surface area contributed by atoms with E-state index in [-0.39, 0.29) is 0 Å². The second-order valence-corrected chi connectivity index (χ2v) is 8.53. The number of nitriles is 1. The Hall–Kier alpha value is -2.69. The summed E-state index contributed by atoms with van der Waals surface area (Å²) in [5.74, 6) is 0.290. The lowest BCUT2D eigenvalue weighted by Gasteiger charge is -2.36. The fourth-order valence-electron chi connectivity index (χ4n) is 4.48. The molecule has 1 aromatic carbocycles. The Bertz CT molecular complexity index is 889. The normalized spacial score (nSPS) is 18.1. The highest BCUT2D eigenvalue weighted by atomic mass is 16.2. The molecular formula is C24H32N6O. The number of piperidine rings is 1. The standard InChI is InChI=1S/C24H32N6O/c25-10-7-13-30-19-22(24(26-30)21-8-3-1-4-9-21)18-27-14-16-28(17-15-27)20-23(31)29-11-5-2-6-12-29/h1,3-4,8-9,19H,2,5-7,11-18,20H2. The van der Waals surface area contributed by atoms with Gasteiger partial charge >= 0.3 is 0 Å². The molecule has 2 aromatic rings. The predicted molar refractivity (Wildman–Crippen MR) is 120 cm³/mol. The predicted octanol–water partition coefficient (Wildman–Crippen LogP) is 2.59. The number of carbonyl (C=O) groups is 1. The van der Waals surface area contributed by atoms with E-state index in [4.69, 9.17) is 10.4 Å². The van der Waals surface area contributed by atoms with Gasteiger partial charge in [0.25, 0.3) is 0 Å². The Balaban J connectivity index is 1.35. The van der Waals surface area contributed by atoms with Crippen LogP contribution in [0.15, 0.2) is 36.5 Å². The molecule has 0 N–H and O–H groups in total. The lowest BCUT2D eigenvalue weighted by Crippen LogP contribution is -2.50. The van der Waals surface area contributed by atoms with Crippen molar-refractivity contribution in [1.29, 1.82) is 5.26 Å². The molecule has 7 heteroatoms. The topological polar surface area (TPSA) is 68.4 Å². The zero-order chi connectivity index (χ0) is 21.5. The maximum atomic E-state index is 12.6. The Labute approximate surface area is 184 Å². The molecule has 2 fully saturated rings. The molecule has 1 amide bonds. The lowest BCUT2D eigenvalue weighted by molar-refractivity contribution is -0.133. The van der Waals surface area contributed by atoms with Gasteiger partial charge in [-0.3, -0.25) is 19.3 Å². The van der Waals surface area contributed by atoms with Crippen LogP contribution in [0.2, 0.25) is 0 Å². The Morgan fingerprint density at radius 2 is 1.68 bits per heavy atom. The molecule has 0 aliphatic carbocycles. The van der Waals surface area contributed by atoms with Crippen molar-refractivity contribution in [3.8, 4) is 17.3 Å². The van der Waals surface area contributed by atoms with Crippen molar-refractivity contribution >= 4 is 5.91 Å². The average molecular weight is 421 g/mol. The molecule has 7 nitrogen and oxygen atoms in total. The fourth-order valence-corrected chi connectivity index (χ4v) is 4.48. The van der Waals surface area contributed by atoms with Crippen LogP contribution in [-0.4, -0.2) is 76.2 Å². The molecular weight excluding hydrogens is 388 g/mol. The third-order valence-electron chi connectivity index (χ3n) is 6.26. The average Bonchev–Trinajstić information content (AvgIpc) is 3.22. The van der Waals surface area contributed by atoms with E-state index in [0.717, 1.165) is 69.9 Å². The van der Waals surface area contributed by atoms with E-state index in [1.54, 1.807) is 0 Å². The molecule has 0 bridgehead atoms. The van der Waals surface area contributed by atoms with Crippen LogP contribution in [0.3, 0.4) is 0 Å². The molecule has 2 aliphatic rings. The number of hydrogen-bond donors (Lipinski definition) is 0. The summed E-state index contributed by atoms with van der Waals surface area (Å²) >= 11 is 0. The van der Waals surface area contributed by atoms with E-state index in [0.29, 0.717) is 25.4 Å². The summed E-state index contributed by atoms with van der Waals surface area (Å²) in [5, 5.41) is 13.7. The number of hydrogen-bond acceptors (Lipinski definition) is 5. The molecule has 4 rings (SSSR count). The van der Waals surface area contributed by atoms with Crippen molar-refractivity contribution in [1.82, 2.24) is 24.5 Å². The largest absolute Gasteiger partial charge is 0.342 e. The van der Waals surface area contributed by atoms with E-state index >= 15 is 0 Å². The van der Waals surface area contributed by atoms with Crippen molar-refractivity contribution in [3.63, 3.8) is 0 Å². The van der Waals surface area contributed by atoms with Crippen LogP contribution in [0.1, 0.15) is 31.2 Å². The number of likely N-dealkylation sites (tertiary alicyclic amines) is 1. The van der Waals surface area contributed by atoms with Gasteiger partial charge < -0.3 is 4.90 Å². The third kappa shape index (κ3) is 5.72. The first-order valence-electron chi connectivity index (χ1n) is 11.4. The summed E-state index contributed by atoms with van der Waals surface area (Å²) in [6, 6.07) is 12.5. The minimum atomic E-state index is 0.290. The minimum absolute atomic E-state index is 0.290. The minimum Gasteiger partial charge on any atom is -0.342 e. The molecule has 2 saturated heterocycles. The molecule has 164 valence electrons. The Morgan fingerprint density at radius 3 is 2.39 bits per heavy atom. The number of benzene rings is 1. The van der Waals surface area contributed by atoms with E-state index in [2.05, 4.69) is 34.2 Å². The molecule has 3 heterocycles. The highest BCUT2D eigenvalue weighted by molar-refractivity contribution is 5.78. The van der Waals surface area contributed by atoms with Gasteiger partial charge in [0.15, 0.2) is 0 Å². The van der Waals surface area contributed by atoms with E-state index in [9.17, 15) is 4.79 Å². The summed E-state index contributed by atoms with van der Waals surface area (Å²) in [4.78, 5) is 19.3. The van der Waals surface area contributed by atoms with Crippen LogP contribution in [0, 0.1) is 11.3 Å². The van der Waals surface area contributed by atoms with Crippen LogP contribution in [0.5, 0.6) is 0 Å². The second kappa shape index (κ2) is 10.6. The molecule has 31 heavy (non-hydrogen) atoms. The van der Waals surface area contributed by atoms with Crippen molar-refractivity contribution in [3.05, 3.63) is 42.1 Å². The molecule has 0 radical (unpaired) electrons. The van der Waals surface area contributed by atoms with Gasteiger partial charge in [0.05, 0.1) is 31.3 Å². The van der Waals surface area contributed by atoms with E-state index in [1.807, 2.05) is 27.8 Å². The van der Waals surface area contributed by atoms with Gasteiger partial charge in [0, 0.05) is 63.1 Å². The zero-order valence-electron chi connectivity index (χ0n) is 18.2. The van der Waals surface area contributed by atoms with Gasteiger partial charge in [0.2, 0.25) is 5.91 Å².